The first-order valence-electron chi connectivity index (χ1n) is 8.80. The van der Waals surface area contributed by atoms with Gasteiger partial charge in [-0.1, -0.05) is 6.07 Å². The highest BCUT2D eigenvalue weighted by Gasteiger charge is 2.16. The number of nitrogen functional groups attached to an aromatic ring is 1. The van der Waals surface area contributed by atoms with E-state index >= 15 is 0 Å². The molecule has 0 radical (unpaired) electrons. The maximum Gasteiger partial charge on any atom is 0.229 e. The van der Waals surface area contributed by atoms with Crippen molar-refractivity contribution in [2.45, 2.75) is 25.8 Å². The summed E-state index contributed by atoms with van der Waals surface area (Å²) in [5, 5.41) is 3.33. The minimum absolute atomic E-state index is 0.484. The van der Waals surface area contributed by atoms with Crippen molar-refractivity contribution < 1.29 is 9.47 Å². The molecule has 7 nitrogen and oxygen atoms in total. The Kier molecular flexibility index (Phi) is 4.45. The maximum atomic E-state index is 5.95. The number of hydrogen-bond acceptors (Lipinski definition) is 7. The Morgan fingerprint density at radius 3 is 2.64 bits per heavy atom. The van der Waals surface area contributed by atoms with E-state index in [-0.39, 0.29) is 0 Å². The van der Waals surface area contributed by atoms with Gasteiger partial charge in [0.05, 0.1) is 13.2 Å². The smallest absolute Gasteiger partial charge is 0.229 e. The Hall–Kier alpha value is -2.70. The van der Waals surface area contributed by atoms with Crippen molar-refractivity contribution in [1.29, 1.82) is 0 Å². The number of benzene rings is 1. The van der Waals surface area contributed by atoms with Crippen LogP contribution < -0.4 is 25.4 Å². The standard InChI is InChI=1S/C18H23N5O2/c19-16-11-17(22-18(21-16)23-6-1-2-7-23)20-12-13-4-5-14-15(10-13)25-9-3-8-24-14/h4-5,10-11H,1-3,6-9,12H2,(H3,19,20,21,22). The van der Waals surface area contributed by atoms with Crippen molar-refractivity contribution in [3.05, 3.63) is 29.8 Å². The van der Waals surface area contributed by atoms with Gasteiger partial charge >= 0.3 is 0 Å². The lowest BCUT2D eigenvalue weighted by atomic mass is 10.2. The van der Waals surface area contributed by atoms with Gasteiger partial charge in [-0.05, 0) is 30.5 Å². The number of nitrogens with one attached hydrogen (secondary N) is 1. The maximum absolute atomic E-state index is 5.95. The van der Waals surface area contributed by atoms with Crippen LogP contribution in [0.15, 0.2) is 24.3 Å². The van der Waals surface area contributed by atoms with Gasteiger partial charge < -0.3 is 25.4 Å². The Morgan fingerprint density at radius 1 is 1.00 bits per heavy atom. The molecular formula is C18H23N5O2. The fourth-order valence-corrected chi connectivity index (χ4v) is 3.11. The van der Waals surface area contributed by atoms with E-state index in [0.717, 1.165) is 42.4 Å². The second kappa shape index (κ2) is 7.04. The molecule has 1 fully saturated rings. The fraction of sp³-hybridized carbons (Fsp3) is 0.444. The van der Waals surface area contributed by atoms with Crippen molar-refractivity contribution in [2.24, 2.45) is 0 Å². The molecule has 4 rings (SSSR count). The summed E-state index contributed by atoms with van der Waals surface area (Å²) >= 11 is 0. The van der Waals surface area contributed by atoms with E-state index in [2.05, 4.69) is 20.2 Å². The zero-order valence-electron chi connectivity index (χ0n) is 14.2. The summed E-state index contributed by atoms with van der Waals surface area (Å²) in [6.45, 7) is 4.00. The summed E-state index contributed by atoms with van der Waals surface area (Å²) in [5.74, 6) is 3.54. The SMILES string of the molecule is Nc1cc(NCc2ccc3c(c2)OCCCO3)nc(N2CCCC2)n1. The second-order valence-electron chi connectivity index (χ2n) is 6.36. The second-order valence-corrected chi connectivity index (χ2v) is 6.36. The summed E-state index contributed by atoms with van der Waals surface area (Å²) in [7, 11) is 0. The van der Waals surface area contributed by atoms with Crippen molar-refractivity contribution >= 4 is 17.6 Å². The Balaban J connectivity index is 1.47. The van der Waals surface area contributed by atoms with Gasteiger partial charge in [0.1, 0.15) is 11.6 Å². The van der Waals surface area contributed by atoms with Crippen molar-refractivity contribution in [1.82, 2.24) is 9.97 Å². The molecule has 3 heterocycles. The average molecular weight is 341 g/mol. The summed E-state index contributed by atoms with van der Waals surface area (Å²) in [5.41, 5.74) is 7.05. The van der Waals surface area contributed by atoms with Crippen LogP contribution in [0.2, 0.25) is 0 Å². The van der Waals surface area contributed by atoms with E-state index < -0.39 is 0 Å². The van der Waals surface area contributed by atoms with Gasteiger partial charge in [0.25, 0.3) is 0 Å². The van der Waals surface area contributed by atoms with Crippen LogP contribution in [0.5, 0.6) is 11.5 Å². The first-order chi connectivity index (χ1) is 12.3. The normalized spacial score (nSPS) is 16.6. The van der Waals surface area contributed by atoms with E-state index in [9.17, 15) is 0 Å². The quantitative estimate of drug-likeness (QED) is 0.883. The molecular weight excluding hydrogens is 318 g/mol. The molecule has 1 saturated heterocycles. The molecule has 0 atom stereocenters. The molecule has 7 heteroatoms. The predicted octanol–water partition coefficient (Wildman–Crippen LogP) is 2.43. The lowest BCUT2D eigenvalue weighted by Crippen LogP contribution is -2.21. The monoisotopic (exact) mass is 341 g/mol. The van der Waals surface area contributed by atoms with Crippen LogP contribution in [0.25, 0.3) is 0 Å². The summed E-state index contributed by atoms with van der Waals surface area (Å²) in [6, 6.07) is 7.77. The van der Waals surface area contributed by atoms with Gasteiger partial charge in [-0.3, -0.25) is 0 Å². The molecule has 2 aliphatic heterocycles. The number of hydrogen-bond donors (Lipinski definition) is 2. The molecule has 2 aliphatic rings. The van der Waals surface area contributed by atoms with Crippen molar-refractivity contribution in [2.75, 3.05) is 42.3 Å². The van der Waals surface area contributed by atoms with Crippen LogP contribution in [0.3, 0.4) is 0 Å². The number of fused-ring (bicyclic) bond motifs is 1. The van der Waals surface area contributed by atoms with E-state index in [1.165, 1.54) is 12.8 Å². The van der Waals surface area contributed by atoms with Gasteiger partial charge in [0, 0.05) is 32.1 Å². The van der Waals surface area contributed by atoms with Gasteiger partial charge in [0.2, 0.25) is 5.95 Å². The third kappa shape index (κ3) is 3.70. The lowest BCUT2D eigenvalue weighted by molar-refractivity contribution is 0.297. The Bertz CT molecular complexity index is 746. The molecule has 2 aromatic rings. The van der Waals surface area contributed by atoms with Crippen LogP contribution in [0.1, 0.15) is 24.8 Å². The summed E-state index contributed by atoms with van der Waals surface area (Å²) in [4.78, 5) is 11.1. The molecule has 132 valence electrons. The molecule has 1 aromatic carbocycles. The first kappa shape index (κ1) is 15.8. The van der Waals surface area contributed by atoms with Crippen LogP contribution in [0, 0.1) is 0 Å². The molecule has 0 amide bonds. The highest BCUT2D eigenvalue weighted by molar-refractivity contribution is 5.52. The Morgan fingerprint density at radius 2 is 1.80 bits per heavy atom. The number of ether oxygens (including phenoxy) is 2. The fourth-order valence-electron chi connectivity index (χ4n) is 3.11. The number of nitrogens with zero attached hydrogens (tertiary/aromatic N) is 3. The predicted molar refractivity (Wildman–Crippen MR) is 97.3 cm³/mol. The largest absolute Gasteiger partial charge is 0.490 e. The van der Waals surface area contributed by atoms with Gasteiger partial charge in [0.15, 0.2) is 11.5 Å². The summed E-state index contributed by atoms with van der Waals surface area (Å²) in [6.07, 6.45) is 3.26. The highest BCUT2D eigenvalue weighted by Crippen LogP contribution is 2.30. The van der Waals surface area contributed by atoms with Crippen molar-refractivity contribution in [3.63, 3.8) is 0 Å². The minimum atomic E-state index is 0.484. The number of nitrogens with two attached hydrogens (primary N) is 1. The number of aromatic nitrogens is 2. The molecule has 1 aromatic heterocycles. The van der Waals surface area contributed by atoms with E-state index in [1.807, 2.05) is 18.2 Å². The molecule has 0 saturated carbocycles. The number of rotatable bonds is 4. The third-order valence-electron chi connectivity index (χ3n) is 4.41. The first-order valence-corrected chi connectivity index (χ1v) is 8.80. The van der Waals surface area contributed by atoms with Gasteiger partial charge in [-0.2, -0.15) is 9.97 Å². The van der Waals surface area contributed by atoms with Crippen LogP contribution in [0.4, 0.5) is 17.6 Å². The number of anilines is 3. The van der Waals surface area contributed by atoms with Crippen LogP contribution >= 0.6 is 0 Å². The van der Waals surface area contributed by atoms with Crippen molar-refractivity contribution in [3.8, 4) is 11.5 Å². The molecule has 0 spiro atoms. The van der Waals surface area contributed by atoms with E-state index in [4.69, 9.17) is 15.2 Å². The lowest BCUT2D eigenvalue weighted by Gasteiger charge is -2.17. The third-order valence-corrected chi connectivity index (χ3v) is 4.41. The molecule has 3 N–H and O–H groups in total. The van der Waals surface area contributed by atoms with Gasteiger partial charge in [-0.15, -0.1) is 0 Å². The van der Waals surface area contributed by atoms with E-state index in [0.29, 0.717) is 31.5 Å². The molecule has 0 bridgehead atoms. The summed E-state index contributed by atoms with van der Waals surface area (Å²) < 4.78 is 11.4. The topological polar surface area (TPSA) is 85.5 Å². The zero-order valence-corrected chi connectivity index (χ0v) is 14.2. The Labute approximate surface area is 147 Å². The van der Waals surface area contributed by atoms with Gasteiger partial charge in [-0.25, -0.2) is 0 Å². The minimum Gasteiger partial charge on any atom is -0.490 e. The van der Waals surface area contributed by atoms with E-state index in [1.54, 1.807) is 6.07 Å². The molecule has 0 unspecified atom stereocenters. The highest BCUT2D eigenvalue weighted by atomic mass is 16.5. The zero-order chi connectivity index (χ0) is 17.1. The van der Waals surface area contributed by atoms with Crippen LogP contribution in [-0.4, -0.2) is 36.3 Å². The average Bonchev–Trinajstić information content (AvgIpc) is 3.05. The molecule has 25 heavy (non-hydrogen) atoms. The van der Waals surface area contributed by atoms with Crippen LogP contribution in [-0.2, 0) is 6.54 Å². The molecule has 0 aliphatic carbocycles.